The lowest BCUT2D eigenvalue weighted by atomic mass is 10.7. The molecule has 0 aromatic carbocycles. The summed E-state index contributed by atoms with van der Waals surface area (Å²) in [6.45, 7) is 2.03. The smallest absolute Gasteiger partial charge is 0.362 e. The summed E-state index contributed by atoms with van der Waals surface area (Å²) in [7, 11) is 0. The Bertz CT molecular complexity index is 183. The Morgan fingerprint density at radius 1 is 1.82 bits per heavy atom. The van der Waals surface area contributed by atoms with E-state index in [2.05, 4.69) is 20.5 Å². The fourth-order valence-corrected chi connectivity index (χ4v) is 0.310. The van der Waals surface area contributed by atoms with Gasteiger partial charge in [0.15, 0.2) is 0 Å². The van der Waals surface area contributed by atoms with Crippen molar-refractivity contribution in [2.45, 2.75) is 6.92 Å². The van der Waals surface area contributed by atoms with Gasteiger partial charge in [-0.1, -0.05) is 5.11 Å². The van der Waals surface area contributed by atoms with Crippen LogP contribution in [0.25, 0.3) is 0 Å². The van der Waals surface area contributed by atoms with Gasteiger partial charge in [-0.2, -0.15) is 5.26 Å². The van der Waals surface area contributed by atoms with E-state index in [0.717, 1.165) is 0 Å². The molecule has 0 fully saturated rings. The first kappa shape index (κ1) is 9.36. The highest BCUT2D eigenvalue weighted by atomic mass is 16.6. The molecule has 0 aromatic heterocycles. The van der Waals surface area contributed by atoms with E-state index >= 15 is 0 Å². The molecule has 0 saturated heterocycles. The number of hydrogen-bond donors (Lipinski definition) is 1. The highest BCUT2D eigenvalue weighted by Crippen LogP contribution is 1.79. The van der Waals surface area contributed by atoms with Gasteiger partial charge >= 0.3 is 6.03 Å². The summed E-state index contributed by atoms with van der Waals surface area (Å²) in [6, 6.07) is 1.09. The van der Waals surface area contributed by atoms with Crippen molar-refractivity contribution in [3.63, 3.8) is 0 Å². The maximum absolute atomic E-state index is 10.5. The van der Waals surface area contributed by atoms with E-state index in [1.807, 2.05) is 0 Å². The van der Waals surface area contributed by atoms with E-state index in [4.69, 9.17) is 5.26 Å². The second-order valence-corrected chi connectivity index (χ2v) is 1.45. The average molecular weight is 156 g/mol. The number of rotatable bonds is 3. The Morgan fingerprint density at radius 3 is 3.09 bits per heavy atom. The van der Waals surface area contributed by atoms with Gasteiger partial charge in [0.2, 0.25) is 6.61 Å². The van der Waals surface area contributed by atoms with E-state index in [-0.39, 0.29) is 6.61 Å². The van der Waals surface area contributed by atoms with Crippen molar-refractivity contribution in [2.75, 3.05) is 13.2 Å². The molecule has 0 heterocycles. The van der Waals surface area contributed by atoms with Crippen molar-refractivity contribution in [2.24, 2.45) is 10.4 Å². The Morgan fingerprint density at radius 2 is 2.55 bits per heavy atom. The Labute approximate surface area is 63.8 Å². The highest BCUT2D eigenvalue weighted by Gasteiger charge is 1.91. The van der Waals surface area contributed by atoms with Gasteiger partial charge in [-0.25, -0.2) is 4.79 Å². The topological polar surface area (TPSA) is 86.8 Å². The van der Waals surface area contributed by atoms with Gasteiger partial charge in [-0.05, 0) is 6.92 Å². The van der Waals surface area contributed by atoms with Crippen LogP contribution in [-0.4, -0.2) is 19.2 Å². The molecular formula is C5H8N4O2. The Balaban J connectivity index is 3.42. The van der Waals surface area contributed by atoms with Crippen molar-refractivity contribution in [1.82, 2.24) is 5.32 Å². The SMILES string of the molecule is CCNC(=O)/N=N/OCC#N. The molecule has 1 N–H and O–H groups in total. The van der Waals surface area contributed by atoms with Crippen LogP contribution in [0.5, 0.6) is 0 Å². The van der Waals surface area contributed by atoms with Crippen LogP contribution in [0.15, 0.2) is 10.4 Å². The van der Waals surface area contributed by atoms with Crippen molar-refractivity contribution in [1.29, 1.82) is 5.26 Å². The Kier molecular flexibility index (Phi) is 5.51. The summed E-state index contributed by atoms with van der Waals surface area (Å²) in [6.07, 6.45) is 0. The van der Waals surface area contributed by atoms with Crippen LogP contribution in [0.3, 0.4) is 0 Å². The number of nitrogens with one attached hydrogen (secondary N) is 1. The van der Waals surface area contributed by atoms with Crippen molar-refractivity contribution < 1.29 is 9.63 Å². The molecule has 11 heavy (non-hydrogen) atoms. The second kappa shape index (κ2) is 6.48. The fraction of sp³-hybridized carbons (Fsp3) is 0.600. The number of carbonyl (C=O) groups is 1. The maximum atomic E-state index is 10.5. The molecule has 60 valence electrons. The molecule has 0 aliphatic rings. The minimum absolute atomic E-state index is 0.205. The van der Waals surface area contributed by atoms with Gasteiger partial charge in [0.05, 0.1) is 0 Å². The number of nitrogens with zero attached hydrogens (tertiary/aromatic N) is 3. The lowest BCUT2D eigenvalue weighted by Crippen LogP contribution is -2.17. The van der Waals surface area contributed by atoms with Gasteiger partial charge < -0.3 is 10.2 Å². The molecule has 2 amide bonds. The number of carbonyl (C=O) groups excluding carboxylic acids is 1. The average Bonchev–Trinajstić information content (AvgIpc) is 1.99. The largest absolute Gasteiger partial charge is 0.364 e. The zero-order valence-corrected chi connectivity index (χ0v) is 6.07. The molecule has 0 aromatic rings. The van der Waals surface area contributed by atoms with E-state index in [1.54, 1.807) is 13.0 Å². The summed E-state index contributed by atoms with van der Waals surface area (Å²) in [5.41, 5.74) is 0. The van der Waals surface area contributed by atoms with Gasteiger partial charge in [-0.15, -0.1) is 0 Å². The first-order valence-corrected chi connectivity index (χ1v) is 2.99. The summed E-state index contributed by atoms with van der Waals surface area (Å²) >= 11 is 0. The van der Waals surface area contributed by atoms with Crippen LogP contribution in [0.2, 0.25) is 0 Å². The maximum Gasteiger partial charge on any atom is 0.362 e. The lowest BCUT2D eigenvalue weighted by Gasteiger charge is -1.91. The van der Waals surface area contributed by atoms with Crippen LogP contribution < -0.4 is 5.32 Å². The number of hydrogen-bond acceptors (Lipinski definition) is 4. The highest BCUT2D eigenvalue weighted by molar-refractivity contribution is 5.73. The molecule has 0 aliphatic carbocycles. The third kappa shape index (κ3) is 6.24. The van der Waals surface area contributed by atoms with Gasteiger partial charge in [0, 0.05) is 11.8 Å². The van der Waals surface area contributed by atoms with Crippen molar-refractivity contribution >= 4 is 6.03 Å². The number of nitriles is 1. The molecule has 0 saturated carbocycles. The zero-order valence-electron chi connectivity index (χ0n) is 6.07. The summed E-state index contributed by atoms with van der Waals surface area (Å²) in [5.74, 6) is 0. The molecule has 0 unspecified atom stereocenters. The monoisotopic (exact) mass is 156 g/mol. The molecule has 0 rings (SSSR count). The minimum Gasteiger partial charge on any atom is -0.364 e. The fourth-order valence-electron chi connectivity index (χ4n) is 0.310. The number of urea groups is 1. The van der Waals surface area contributed by atoms with Gasteiger partial charge in [0.25, 0.3) is 0 Å². The molecule has 0 spiro atoms. The Hall–Kier alpha value is -1.64. The minimum atomic E-state index is -0.578. The van der Waals surface area contributed by atoms with Crippen LogP contribution in [0.4, 0.5) is 4.79 Å². The summed E-state index contributed by atoms with van der Waals surface area (Å²) < 4.78 is 0. The molecular weight excluding hydrogens is 148 g/mol. The van der Waals surface area contributed by atoms with Crippen LogP contribution in [0, 0.1) is 11.3 Å². The van der Waals surface area contributed by atoms with Crippen LogP contribution >= 0.6 is 0 Å². The first-order valence-electron chi connectivity index (χ1n) is 2.99. The van der Waals surface area contributed by atoms with Crippen molar-refractivity contribution in [3.05, 3.63) is 0 Å². The van der Waals surface area contributed by atoms with Gasteiger partial charge in [0.1, 0.15) is 6.07 Å². The van der Waals surface area contributed by atoms with E-state index < -0.39 is 6.03 Å². The van der Waals surface area contributed by atoms with E-state index in [1.165, 1.54) is 0 Å². The zero-order chi connectivity index (χ0) is 8.53. The number of amides is 2. The second-order valence-electron chi connectivity index (χ2n) is 1.45. The lowest BCUT2D eigenvalue weighted by molar-refractivity contribution is 0.153. The molecule has 0 aliphatic heterocycles. The molecule has 6 heteroatoms. The first-order chi connectivity index (χ1) is 5.31. The molecule has 0 atom stereocenters. The standard InChI is InChI=1S/C5H8N4O2/c1-2-7-5(10)8-9-11-4-3-6/h2,4H2,1H3,(H,7,10)/b9-8+. The predicted octanol–water partition coefficient (Wildman–Crippen LogP) is 0.623. The van der Waals surface area contributed by atoms with E-state index in [9.17, 15) is 4.79 Å². The van der Waals surface area contributed by atoms with Crippen molar-refractivity contribution in [3.8, 4) is 6.07 Å². The van der Waals surface area contributed by atoms with Crippen LogP contribution in [0.1, 0.15) is 6.92 Å². The third-order valence-corrected chi connectivity index (χ3v) is 0.646. The predicted molar refractivity (Wildman–Crippen MR) is 35.5 cm³/mol. The summed E-state index contributed by atoms with van der Waals surface area (Å²) in [5, 5.41) is 16.3. The van der Waals surface area contributed by atoms with E-state index in [0.29, 0.717) is 6.54 Å². The molecule has 0 radical (unpaired) electrons. The summed E-state index contributed by atoms with van der Waals surface area (Å²) in [4.78, 5) is 14.7. The molecule has 0 bridgehead atoms. The van der Waals surface area contributed by atoms with Crippen LogP contribution in [-0.2, 0) is 4.84 Å². The normalized spacial score (nSPS) is 9.09. The third-order valence-electron chi connectivity index (χ3n) is 0.646. The van der Waals surface area contributed by atoms with Gasteiger partial charge in [-0.3, -0.25) is 0 Å². The molecule has 6 nitrogen and oxygen atoms in total. The quantitative estimate of drug-likeness (QED) is 0.369.